The van der Waals surface area contributed by atoms with E-state index in [0.717, 1.165) is 0 Å². The fourth-order valence-corrected chi connectivity index (χ4v) is 3.82. The summed E-state index contributed by atoms with van der Waals surface area (Å²) in [6, 6.07) is 0. The molecule has 0 aromatic heterocycles. The first kappa shape index (κ1) is 12.1. The summed E-state index contributed by atoms with van der Waals surface area (Å²) in [5, 5.41) is 8.97. The Balaban J connectivity index is 2.66. The third-order valence-electron chi connectivity index (χ3n) is 2.75. The van der Waals surface area contributed by atoms with Crippen molar-refractivity contribution in [2.75, 3.05) is 11.5 Å². The minimum absolute atomic E-state index is 0.00542. The molecule has 0 amide bonds. The van der Waals surface area contributed by atoms with E-state index in [1.54, 1.807) is 0 Å². The lowest BCUT2D eigenvalue weighted by Gasteiger charge is -2.16. The van der Waals surface area contributed by atoms with E-state index in [0.29, 0.717) is 19.3 Å². The quantitative estimate of drug-likeness (QED) is 0.715. The summed E-state index contributed by atoms with van der Waals surface area (Å²) in [4.78, 5) is 10.9. The summed E-state index contributed by atoms with van der Waals surface area (Å²) in [7, 11) is -3.01. The Bertz CT molecular complexity index is 377. The zero-order valence-corrected chi connectivity index (χ0v) is 9.16. The second kappa shape index (κ2) is 4.67. The monoisotopic (exact) mass is 230 g/mol. The Morgan fingerprint density at radius 2 is 2.27 bits per heavy atom. The molecule has 2 atom stereocenters. The first-order valence-corrected chi connectivity index (χ1v) is 6.65. The molecule has 1 heterocycles. The van der Waals surface area contributed by atoms with Crippen LogP contribution in [0.4, 0.5) is 0 Å². The van der Waals surface area contributed by atoms with Crippen LogP contribution >= 0.6 is 0 Å². The summed E-state index contributed by atoms with van der Waals surface area (Å²) in [5.74, 6) is 0.674. The van der Waals surface area contributed by atoms with Gasteiger partial charge in [0.05, 0.1) is 17.4 Å². The molecule has 1 rings (SSSR count). The van der Waals surface area contributed by atoms with Gasteiger partial charge < -0.3 is 5.11 Å². The first-order chi connectivity index (χ1) is 6.96. The molecule has 0 spiro atoms. The predicted octanol–water partition coefficient (Wildman–Crippen LogP) is 0.535. The van der Waals surface area contributed by atoms with Gasteiger partial charge in [0.1, 0.15) is 0 Å². The third kappa shape index (κ3) is 3.24. The maximum absolute atomic E-state index is 11.2. The highest BCUT2D eigenvalue weighted by Crippen LogP contribution is 2.29. The number of carbonyl (C=O) groups is 1. The van der Waals surface area contributed by atoms with Gasteiger partial charge in [-0.1, -0.05) is 0 Å². The highest BCUT2D eigenvalue weighted by Gasteiger charge is 2.36. The molecule has 15 heavy (non-hydrogen) atoms. The molecule has 1 N–H and O–H groups in total. The Morgan fingerprint density at radius 3 is 2.67 bits per heavy atom. The molecule has 0 saturated carbocycles. The first-order valence-electron chi connectivity index (χ1n) is 4.83. The molecule has 1 fully saturated rings. The normalized spacial score (nSPS) is 25.7. The zero-order valence-electron chi connectivity index (χ0n) is 8.35. The standard InChI is InChI=1S/C10H14O4S/c1-2-3-4-9(10(11)12)8-5-6-15(13,14)7-8/h1,8-9H,3-7H2,(H,11,12). The molecule has 1 aliphatic heterocycles. The zero-order chi connectivity index (χ0) is 11.5. The second-order valence-corrected chi connectivity index (χ2v) is 6.08. The van der Waals surface area contributed by atoms with E-state index in [9.17, 15) is 13.2 Å². The van der Waals surface area contributed by atoms with Crippen molar-refractivity contribution in [2.45, 2.75) is 19.3 Å². The van der Waals surface area contributed by atoms with Crippen molar-refractivity contribution in [1.82, 2.24) is 0 Å². The summed E-state index contributed by atoms with van der Waals surface area (Å²) in [6.45, 7) is 0. The summed E-state index contributed by atoms with van der Waals surface area (Å²) in [5.41, 5.74) is 0. The van der Waals surface area contributed by atoms with Gasteiger partial charge >= 0.3 is 5.97 Å². The van der Waals surface area contributed by atoms with Crippen LogP contribution < -0.4 is 0 Å². The van der Waals surface area contributed by atoms with Crippen LogP contribution in [0.2, 0.25) is 0 Å². The van der Waals surface area contributed by atoms with Crippen LogP contribution in [0.1, 0.15) is 19.3 Å². The van der Waals surface area contributed by atoms with E-state index in [1.807, 2.05) is 0 Å². The Labute approximate surface area is 89.6 Å². The molecule has 84 valence electrons. The second-order valence-electron chi connectivity index (χ2n) is 3.85. The van der Waals surface area contributed by atoms with Gasteiger partial charge in [0.15, 0.2) is 9.84 Å². The van der Waals surface area contributed by atoms with Crippen LogP contribution in [0.5, 0.6) is 0 Å². The number of hydrogen-bond donors (Lipinski definition) is 1. The van der Waals surface area contributed by atoms with Crippen LogP contribution in [0.15, 0.2) is 0 Å². The number of carboxylic acid groups (broad SMARTS) is 1. The molecule has 1 saturated heterocycles. The molecule has 0 aliphatic carbocycles. The van der Waals surface area contributed by atoms with E-state index >= 15 is 0 Å². The Hall–Kier alpha value is -1.02. The van der Waals surface area contributed by atoms with Crippen molar-refractivity contribution in [1.29, 1.82) is 0 Å². The van der Waals surface area contributed by atoms with Gasteiger partial charge in [-0.05, 0) is 18.8 Å². The van der Waals surface area contributed by atoms with Gasteiger partial charge in [0.25, 0.3) is 0 Å². The molecule has 2 unspecified atom stereocenters. The van der Waals surface area contributed by atoms with Gasteiger partial charge in [-0.2, -0.15) is 0 Å². The number of terminal acetylenes is 1. The number of sulfone groups is 1. The Kier molecular flexibility index (Phi) is 3.75. The minimum Gasteiger partial charge on any atom is -0.481 e. The van der Waals surface area contributed by atoms with Crippen LogP contribution in [-0.4, -0.2) is 31.0 Å². The molecule has 4 nitrogen and oxygen atoms in total. The van der Waals surface area contributed by atoms with Gasteiger partial charge in [-0.15, -0.1) is 12.3 Å². The molecule has 0 bridgehead atoms. The van der Waals surface area contributed by atoms with Crippen LogP contribution in [0, 0.1) is 24.2 Å². The van der Waals surface area contributed by atoms with E-state index in [-0.39, 0.29) is 17.4 Å². The van der Waals surface area contributed by atoms with E-state index < -0.39 is 21.7 Å². The average Bonchev–Trinajstić information content (AvgIpc) is 2.46. The number of aliphatic carboxylic acids is 1. The minimum atomic E-state index is -3.01. The molecular formula is C10H14O4S. The molecule has 0 aromatic rings. The molecular weight excluding hydrogens is 216 g/mol. The van der Waals surface area contributed by atoms with Crippen molar-refractivity contribution in [3.8, 4) is 12.3 Å². The third-order valence-corrected chi connectivity index (χ3v) is 4.55. The highest BCUT2D eigenvalue weighted by atomic mass is 32.2. The van der Waals surface area contributed by atoms with Crippen LogP contribution in [-0.2, 0) is 14.6 Å². The van der Waals surface area contributed by atoms with Crippen molar-refractivity contribution in [2.24, 2.45) is 11.8 Å². The summed E-state index contributed by atoms with van der Waals surface area (Å²) < 4.78 is 22.4. The lowest BCUT2D eigenvalue weighted by Crippen LogP contribution is -2.24. The number of hydrogen-bond acceptors (Lipinski definition) is 3. The van der Waals surface area contributed by atoms with E-state index in [4.69, 9.17) is 11.5 Å². The van der Waals surface area contributed by atoms with Crippen LogP contribution in [0.3, 0.4) is 0 Å². The summed E-state index contributed by atoms with van der Waals surface area (Å²) >= 11 is 0. The van der Waals surface area contributed by atoms with E-state index in [2.05, 4.69) is 5.92 Å². The fourth-order valence-electron chi connectivity index (χ4n) is 1.94. The van der Waals surface area contributed by atoms with Crippen molar-refractivity contribution < 1.29 is 18.3 Å². The predicted molar refractivity (Wildman–Crippen MR) is 56.0 cm³/mol. The van der Waals surface area contributed by atoms with Gasteiger partial charge in [0.2, 0.25) is 0 Å². The van der Waals surface area contributed by atoms with Gasteiger partial charge in [-0.3, -0.25) is 4.79 Å². The van der Waals surface area contributed by atoms with Crippen LogP contribution in [0.25, 0.3) is 0 Å². The smallest absolute Gasteiger partial charge is 0.306 e. The number of carboxylic acids is 1. The maximum atomic E-state index is 11.2. The van der Waals surface area contributed by atoms with Gasteiger partial charge in [0, 0.05) is 6.42 Å². The summed E-state index contributed by atoms with van der Waals surface area (Å²) in [6.07, 6.45) is 6.27. The lowest BCUT2D eigenvalue weighted by atomic mass is 9.88. The average molecular weight is 230 g/mol. The van der Waals surface area contributed by atoms with E-state index in [1.165, 1.54) is 0 Å². The molecule has 1 aliphatic rings. The largest absolute Gasteiger partial charge is 0.481 e. The highest BCUT2D eigenvalue weighted by molar-refractivity contribution is 7.91. The maximum Gasteiger partial charge on any atom is 0.306 e. The van der Waals surface area contributed by atoms with Crippen molar-refractivity contribution in [3.05, 3.63) is 0 Å². The SMILES string of the molecule is C#CCCC(C(=O)O)C1CCS(=O)(=O)C1. The Morgan fingerprint density at radius 1 is 1.60 bits per heavy atom. The number of rotatable bonds is 4. The van der Waals surface area contributed by atoms with Crippen molar-refractivity contribution in [3.63, 3.8) is 0 Å². The lowest BCUT2D eigenvalue weighted by molar-refractivity contribution is -0.143. The topological polar surface area (TPSA) is 71.4 Å². The molecule has 0 radical (unpaired) electrons. The molecule has 0 aromatic carbocycles. The fraction of sp³-hybridized carbons (Fsp3) is 0.700. The van der Waals surface area contributed by atoms with Crippen molar-refractivity contribution >= 4 is 15.8 Å². The molecule has 5 heteroatoms. The van der Waals surface area contributed by atoms with Gasteiger partial charge in [-0.25, -0.2) is 8.42 Å².